The fourth-order valence-corrected chi connectivity index (χ4v) is 2.90. The number of para-hydroxylation sites is 1. The second-order valence-electron chi connectivity index (χ2n) is 7.09. The van der Waals surface area contributed by atoms with Gasteiger partial charge in [0.25, 0.3) is 0 Å². The summed E-state index contributed by atoms with van der Waals surface area (Å²) < 4.78 is 5.44. The smallest absolute Gasteiger partial charge is 0.225 e. The molecule has 1 heterocycles. The molecular weight excluding hydrogens is 348 g/mol. The Hall–Kier alpha value is -3.08. The Morgan fingerprint density at radius 3 is 2.43 bits per heavy atom. The van der Waals surface area contributed by atoms with E-state index in [-0.39, 0.29) is 0 Å². The van der Waals surface area contributed by atoms with E-state index in [1.807, 2.05) is 42.5 Å². The number of hydrogen-bond acceptors (Lipinski definition) is 5. The summed E-state index contributed by atoms with van der Waals surface area (Å²) in [6.45, 7) is 5.93. The monoisotopic (exact) mass is 376 g/mol. The lowest BCUT2D eigenvalue weighted by Crippen LogP contribution is -2.13. The molecule has 146 valence electrons. The van der Waals surface area contributed by atoms with Gasteiger partial charge in [-0.25, -0.2) is 4.98 Å². The molecule has 0 aliphatic heterocycles. The highest BCUT2D eigenvalue weighted by Crippen LogP contribution is 2.22. The van der Waals surface area contributed by atoms with Crippen molar-refractivity contribution in [2.75, 3.05) is 30.8 Å². The Morgan fingerprint density at radius 1 is 0.929 bits per heavy atom. The van der Waals surface area contributed by atoms with Crippen LogP contribution in [0, 0.1) is 5.92 Å². The van der Waals surface area contributed by atoms with Gasteiger partial charge in [-0.05, 0) is 24.0 Å². The van der Waals surface area contributed by atoms with Crippen LogP contribution >= 0.6 is 0 Å². The van der Waals surface area contributed by atoms with E-state index in [2.05, 4.69) is 52.6 Å². The topological polar surface area (TPSA) is 59.1 Å². The molecule has 3 rings (SSSR count). The van der Waals surface area contributed by atoms with Crippen molar-refractivity contribution in [3.05, 3.63) is 66.2 Å². The van der Waals surface area contributed by atoms with Crippen molar-refractivity contribution >= 4 is 11.8 Å². The maximum Gasteiger partial charge on any atom is 0.225 e. The number of benzene rings is 2. The van der Waals surface area contributed by atoms with Gasteiger partial charge >= 0.3 is 0 Å². The lowest BCUT2D eigenvalue weighted by Gasteiger charge is -2.13. The molecule has 0 saturated carbocycles. The average Bonchev–Trinajstić information content (AvgIpc) is 2.73. The summed E-state index contributed by atoms with van der Waals surface area (Å²) in [6.07, 6.45) is 0.851. The average molecular weight is 377 g/mol. The maximum absolute atomic E-state index is 5.44. The molecule has 5 nitrogen and oxygen atoms in total. The van der Waals surface area contributed by atoms with Gasteiger partial charge in [-0.2, -0.15) is 4.98 Å². The molecule has 5 heteroatoms. The number of anilines is 2. The van der Waals surface area contributed by atoms with Crippen molar-refractivity contribution in [1.29, 1.82) is 0 Å². The van der Waals surface area contributed by atoms with Gasteiger partial charge in [0.15, 0.2) is 0 Å². The summed E-state index contributed by atoms with van der Waals surface area (Å²) >= 11 is 0. The molecule has 2 aromatic carbocycles. The molecule has 1 aromatic heterocycles. The third-order valence-corrected chi connectivity index (χ3v) is 4.36. The summed E-state index contributed by atoms with van der Waals surface area (Å²) in [7, 11) is 1.70. The molecule has 0 atom stereocenters. The number of methoxy groups -OCH3 is 1. The zero-order valence-corrected chi connectivity index (χ0v) is 16.8. The van der Waals surface area contributed by atoms with E-state index in [1.165, 1.54) is 5.56 Å². The van der Waals surface area contributed by atoms with Crippen LogP contribution in [0.5, 0.6) is 5.75 Å². The van der Waals surface area contributed by atoms with E-state index < -0.39 is 0 Å². The quantitative estimate of drug-likeness (QED) is 0.558. The molecule has 2 N–H and O–H groups in total. The zero-order valence-electron chi connectivity index (χ0n) is 16.8. The SMILES string of the molecule is COc1ccccc1CCNc1cc(-c2ccccc2)nc(NCC(C)C)n1. The van der Waals surface area contributed by atoms with Gasteiger partial charge in [0.2, 0.25) is 5.95 Å². The van der Waals surface area contributed by atoms with Crippen LogP contribution in [0.3, 0.4) is 0 Å². The second kappa shape index (κ2) is 9.74. The summed E-state index contributed by atoms with van der Waals surface area (Å²) in [5.74, 6) is 2.90. The molecular formula is C23H28N4O. The van der Waals surface area contributed by atoms with Crippen molar-refractivity contribution in [1.82, 2.24) is 9.97 Å². The Bertz CT molecular complexity index is 881. The van der Waals surface area contributed by atoms with Crippen molar-refractivity contribution in [3.63, 3.8) is 0 Å². The van der Waals surface area contributed by atoms with Gasteiger partial charge in [-0.15, -0.1) is 0 Å². The molecule has 0 fully saturated rings. The first-order valence-electron chi connectivity index (χ1n) is 9.70. The molecule has 0 amide bonds. The largest absolute Gasteiger partial charge is 0.496 e. The minimum Gasteiger partial charge on any atom is -0.496 e. The van der Waals surface area contributed by atoms with Crippen LogP contribution in [0.15, 0.2) is 60.7 Å². The summed E-state index contributed by atoms with van der Waals surface area (Å²) in [6, 6.07) is 20.3. The van der Waals surface area contributed by atoms with Gasteiger partial charge in [0, 0.05) is 24.7 Å². The van der Waals surface area contributed by atoms with Crippen LogP contribution in [-0.2, 0) is 6.42 Å². The minimum atomic E-state index is 0.519. The molecule has 3 aromatic rings. The highest BCUT2D eigenvalue weighted by Gasteiger charge is 2.08. The van der Waals surface area contributed by atoms with Crippen molar-refractivity contribution in [2.45, 2.75) is 20.3 Å². The van der Waals surface area contributed by atoms with E-state index >= 15 is 0 Å². The van der Waals surface area contributed by atoms with Gasteiger partial charge in [-0.3, -0.25) is 0 Å². The van der Waals surface area contributed by atoms with Crippen LogP contribution in [0.1, 0.15) is 19.4 Å². The summed E-state index contributed by atoms with van der Waals surface area (Å²) in [4.78, 5) is 9.33. The van der Waals surface area contributed by atoms with Crippen molar-refractivity contribution in [3.8, 4) is 17.0 Å². The number of hydrogen-bond donors (Lipinski definition) is 2. The Balaban J connectivity index is 1.76. The Labute approximate surface area is 167 Å². The molecule has 0 radical (unpaired) electrons. The normalized spacial score (nSPS) is 10.7. The minimum absolute atomic E-state index is 0.519. The fraction of sp³-hybridized carbons (Fsp3) is 0.304. The van der Waals surface area contributed by atoms with Gasteiger partial charge in [0.05, 0.1) is 12.8 Å². The molecule has 0 unspecified atom stereocenters. The summed E-state index contributed by atoms with van der Waals surface area (Å²) in [5, 5.41) is 6.77. The highest BCUT2D eigenvalue weighted by atomic mass is 16.5. The lowest BCUT2D eigenvalue weighted by molar-refractivity contribution is 0.410. The fourth-order valence-electron chi connectivity index (χ4n) is 2.90. The Morgan fingerprint density at radius 2 is 1.68 bits per heavy atom. The summed E-state index contributed by atoms with van der Waals surface area (Å²) in [5.41, 5.74) is 3.15. The van der Waals surface area contributed by atoms with Crippen LogP contribution < -0.4 is 15.4 Å². The molecule has 0 aliphatic carbocycles. The van der Waals surface area contributed by atoms with Gasteiger partial charge < -0.3 is 15.4 Å². The van der Waals surface area contributed by atoms with E-state index in [0.717, 1.165) is 42.3 Å². The molecule has 0 aliphatic rings. The maximum atomic E-state index is 5.44. The standard InChI is InChI=1S/C23H28N4O/c1-17(2)16-25-23-26-20(18-9-5-4-6-10-18)15-22(27-23)24-14-13-19-11-7-8-12-21(19)28-3/h4-12,15,17H,13-14,16H2,1-3H3,(H2,24,25,26,27). The molecule has 0 saturated heterocycles. The second-order valence-corrected chi connectivity index (χ2v) is 7.09. The van der Waals surface area contributed by atoms with Gasteiger partial charge in [-0.1, -0.05) is 62.4 Å². The van der Waals surface area contributed by atoms with Crippen molar-refractivity contribution < 1.29 is 4.74 Å². The number of nitrogens with one attached hydrogen (secondary N) is 2. The molecule has 0 bridgehead atoms. The predicted molar refractivity (Wildman–Crippen MR) is 116 cm³/mol. The first kappa shape index (κ1) is 19.7. The van der Waals surface area contributed by atoms with Crippen LogP contribution in [-0.4, -0.2) is 30.2 Å². The van der Waals surface area contributed by atoms with Gasteiger partial charge in [0.1, 0.15) is 11.6 Å². The Kier molecular flexibility index (Phi) is 6.84. The van der Waals surface area contributed by atoms with Crippen LogP contribution in [0.2, 0.25) is 0 Å². The van der Waals surface area contributed by atoms with Crippen LogP contribution in [0.4, 0.5) is 11.8 Å². The zero-order chi connectivity index (χ0) is 19.8. The predicted octanol–water partition coefficient (Wildman–Crippen LogP) is 4.87. The third kappa shape index (κ3) is 5.46. The highest BCUT2D eigenvalue weighted by molar-refractivity contribution is 5.64. The van der Waals surface area contributed by atoms with E-state index in [1.54, 1.807) is 7.11 Å². The third-order valence-electron chi connectivity index (χ3n) is 4.36. The first-order valence-corrected chi connectivity index (χ1v) is 9.70. The number of ether oxygens (including phenoxy) is 1. The van der Waals surface area contributed by atoms with E-state index in [4.69, 9.17) is 4.74 Å². The number of rotatable bonds is 9. The van der Waals surface area contributed by atoms with E-state index in [9.17, 15) is 0 Å². The first-order chi connectivity index (χ1) is 13.7. The number of nitrogens with zero attached hydrogens (tertiary/aromatic N) is 2. The van der Waals surface area contributed by atoms with Crippen molar-refractivity contribution in [2.24, 2.45) is 5.92 Å². The van der Waals surface area contributed by atoms with E-state index in [0.29, 0.717) is 11.9 Å². The molecule has 28 heavy (non-hydrogen) atoms. The number of aromatic nitrogens is 2. The lowest BCUT2D eigenvalue weighted by atomic mass is 10.1. The van der Waals surface area contributed by atoms with Crippen LogP contribution in [0.25, 0.3) is 11.3 Å². The molecule has 0 spiro atoms.